The smallest absolute Gasteiger partial charge is 0.325 e. The van der Waals surface area contributed by atoms with Crippen molar-refractivity contribution >= 4 is 17.6 Å². The molecule has 0 saturated carbocycles. The van der Waals surface area contributed by atoms with E-state index in [0.29, 0.717) is 23.9 Å². The molecule has 0 heterocycles. The minimum absolute atomic E-state index is 0.373. The Bertz CT molecular complexity index is 572. The number of carbonyl (C=O) groups is 1. The van der Waals surface area contributed by atoms with Crippen LogP contribution >= 0.6 is 11.6 Å². The van der Waals surface area contributed by atoms with Gasteiger partial charge in [0.15, 0.2) is 0 Å². The number of benzene rings is 2. The second-order valence-corrected chi connectivity index (χ2v) is 4.87. The van der Waals surface area contributed by atoms with Crippen molar-refractivity contribution in [1.82, 2.24) is 5.32 Å². The zero-order chi connectivity index (χ0) is 15.1. The van der Waals surface area contributed by atoms with Gasteiger partial charge in [-0.2, -0.15) is 0 Å². The van der Waals surface area contributed by atoms with Gasteiger partial charge in [0.1, 0.15) is 18.4 Å². The van der Waals surface area contributed by atoms with Crippen molar-refractivity contribution in [1.29, 1.82) is 0 Å². The number of hydrogen-bond acceptors (Lipinski definition) is 3. The molecule has 0 radical (unpaired) electrons. The van der Waals surface area contributed by atoms with Crippen molar-refractivity contribution in [2.75, 3.05) is 13.2 Å². The molecule has 2 N–H and O–H groups in total. The summed E-state index contributed by atoms with van der Waals surface area (Å²) in [7, 11) is 0. The fraction of sp³-hybridized carbons (Fsp3) is 0.188. The van der Waals surface area contributed by atoms with Crippen LogP contribution < -0.4 is 10.1 Å². The molecule has 0 spiro atoms. The summed E-state index contributed by atoms with van der Waals surface area (Å²) in [5.41, 5.74) is 0.719. The van der Waals surface area contributed by atoms with E-state index in [1.807, 2.05) is 18.2 Å². The molecule has 0 aromatic heterocycles. The van der Waals surface area contributed by atoms with Gasteiger partial charge in [0.05, 0.1) is 0 Å². The van der Waals surface area contributed by atoms with E-state index in [-0.39, 0.29) is 0 Å². The fourth-order valence-electron chi connectivity index (χ4n) is 1.90. The SMILES string of the molecule is O=C(O)C(NCCOc1ccc(Cl)cc1)c1ccccc1. The van der Waals surface area contributed by atoms with Crippen LogP contribution in [0, 0.1) is 0 Å². The number of halogens is 1. The van der Waals surface area contributed by atoms with Crippen LogP contribution in [0.25, 0.3) is 0 Å². The zero-order valence-electron chi connectivity index (χ0n) is 11.3. The minimum Gasteiger partial charge on any atom is -0.492 e. The van der Waals surface area contributed by atoms with Gasteiger partial charge in [-0.15, -0.1) is 0 Å². The number of aliphatic carboxylic acids is 1. The van der Waals surface area contributed by atoms with E-state index in [0.717, 1.165) is 5.56 Å². The number of ether oxygens (including phenoxy) is 1. The van der Waals surface area contributed by atoms with Gasteiger partial charge >= 0.3 is 5.97 Å². The van der Waals surface area contributed by atoms with E-state index in [9.17, 15) is 9.90 Å². The highest BCUT2D eigenvalue weighted by atomic mass is 35.5. The first-order chi connectivity index (χ1) is 10.2. The fourth-order valence-corrected chi connectivity index (χ4v) is 2.02. The molecule has 0 fully saturated rings. The first-order valence-corrected chi connectivity index (χ1v) is 6.94. The molecule has 2 aromatic rings. The van der Waals surface area contributed by atoms with E-state index in [2.05, 4.69) is 5.32 Å². The molecule has 21 heavy (non-hydrogen) atoms. The van der Waals surface area contributed by atoms with Crippen molar-refractivity contribution < 1.29 is 14.6 Å². The Kier molecular flexibility index (Phi) is 5.60. The van der Waals surface area contributed by atoms with Crippen LogP contribution in [0.1, 0.15) is 11.6 Å². The first kappa shape index (κ1) is 15.4. The summed E-state index contributed by atoms with van der Waals surface area (Å²) in [4.78, 5) is 11.3. The van der Waals surface area contributed by atoms with Crippen LogP contribution in [-0.2, 0) is 4.79 Å². The number of hydrogen-bond donors (Lipinski definition) is 2. The van der Waals surface area contributed by atoms with Crippen molar-refractivity contribution in [3.63, 3.8) is 0 Å². The highest BCUT2D eigenvalue weighted by molar-refractivity contribution is 6.30. The predicted molar refractivity (Wildman–Crippen MR) is 81.8 cm³/mol. The van der Waals surface area contributed by atoms with Crippen molar-refractivity contribution in [2.24, 2.45) is 0 Å². The monoisotopic (exact) mass is 305 g/mol. The summed E-state index contributed by atoms with van der Waals surface area (Å²) in [5.74, 6) is -0.208. The summed E-state index contributed by atoms with van der Waals surface area (Å²) in [6, 6.07) is 15.4. The van der Waals surface area contributed by atoms with Gasteiger partial charge in [0.2, 0.25) is 0 Å². The Morgan fingerprint density at radius 3 is 2.43 bits per heavy atom. The number of carboxylic acid groups (broad SMARTS) is 1. The Hall–Kier alpha value is -2.04. The van der Waals surface area contributed by atoms with Crippen LogP contribution in [0.4, 0.5) is 0 Å². The second kappa shape index (κ2) is 7.67. The van der Waals surface area contributed by atoms with Crippen LogP contribution in [-0.4, -0.2) is 24.2 Å². The quantitative estimate of drug-likeness (QED) is 0.772. The van der Waals surface area contributed by atoms with Gasteiger partial charge < -0.3 is 9.84 Å². The highest BCUT2D eigenvalue weighted by Crippen LogP contribution is 2.15. The van der Waals surface area contributed by atoms with Gasteiger partial charge in [-0.05, 0) is 29.8 Å². The van der Waals surface area contributed by atoms with Crippen LogP contribution in [0.5, 0.6) is 5.75 Å². The molecule has 1 atom stereocenters. The van der Waals surface area contributed by atoms with Crippen molar-refractivity contribution in [3.8, 4) is 5.75 Å². The lowest BCUT2D eigenvalue weighted by molar-refractivity contribution is -0.139. The standard InChI is InChI=1S/C16H16ClNO3/c17-13-6-8-14(9-7-13)21-11-10-18-15(16(19)20)12-4-2-1-3-5-12/h1-9,15,18H,10-11H2,(H,19,20). The Balaban J connectivity index is 1.83. The van der Waals surface area contributed by atoms with Crippen molar-refractivity contribution in [2.45, 2.75) is 6.04 Å². The molecule has 2 rings (SSSR count). The topological polar surface area (TPSA) is 58.6 Å². The summed E-state index contributed by atoms with van der Waals surface area (Å²) >= 11 is 5.78. The summed E-state index contributed by atoms with van der Waals surface area (Å²) in [6.07, 6.45) is 0. The van der Waals surface area contributed by atoms with Crippen LogP contribution in [0.15, 0.2) is 54.6 Å². The van der Waals surface area contributed by atoms with Gasteiger partial charge in [-0.3, -0.25) is 10.1 Å². The lowest BCUT2D eigenvalue weighted by atomic mass is 10.1. The Labute approximate surface area is 128 Å². The lowest BCUT2D eigenvalue weighted by Crippen LogP contribution is -2.31. The Morgan fingerprint density at radius 2 is 1.81 bits per heavy atom. The Morgan fingerprint density at radius 1 is 1.14 bits per heavy atom. The van der Waals surface area contributed by atoms with E-state index in [4.69, 9.17) is 16.3 Å². The molecule has 0 aliphatic heterocycles. The van der Waals surface area contributed by atoms with Crippen molar-refractivity contribution in [3.05, 3.63) is 65.2 Å². The maximum absolute atomic E-state index is 11.3. The lowest BCUT2D eigenvalue weighted by Gasteiger charge is -2.15. The highest BCUT2D eigenvalue weighted by Gasteiger charge is 2.18. The average molecular weight is 306 g/mol. The molecule has 0 amide bonds. The molecule has 0 bridgehead atoms. The minimum atomic E-state index is -0.910. The van der Waals surface area contributed by atoms with E-state index < -0.39 is 12.0 Å². The zero-order valence-corrected chi connectivity index (χ0v) is 12.1. The molecular formula is C16H16ClNO3. The maximum atomic E-state index is 11.3. The largest absolute Gasteiger partial charge is 0.492 e. The van der Waals surface area contributed by atoms with E-state index in [1.54, 1.807) is 36.4 Å². The molecule has 5 heteroatoms. The molecule has 4 nitrogen and oxygen atoms in total. The predicted octanol–water partition coefficient (Wildman–Crippen LogP) is 3.13. The normalized spacial score (nSPS) is 11.9. The third-order valence-electron chi connectivity index (χ3n) is 2.91. The summed E-state index contributed by atoms with van der Waals surface area (Å²) in [6.45, 7) is 0.798. The number of carboxylic acids is 1. The molecule has 0 aliphatic carbocycles. The van der Waals surface area contributed by atoms with E-state index >= 15 is 0 Å². The van der Waals surface area contributed by atoms with Gasteiger partial charge in [-0.1, -0.05) is 41.9 Å². The molecule has 110 valence electrons. The molecular weight excluding hydrogens is 290 g/mol. The van der Waals surface area contributed by atoms with E-state index in [1.165, 1.54) is 0 Å². The average Bonchev–Trinajstić information content (AvgIpc) is 2.49. The summed E-state index contributed by atoms with van der Waals surface area (Å²) < 4.78 is 5.51. The van der Waals surface area contributed by atoms with Gasteiger partial charge in [0.25, 0.3) is 0 Å². The number of rotatable bonds is 7. The number of nitrogens with one attached hydrogen (secondary N) is 1. The molecule has 1 unspecified atom stereocenters. The second-order valence-electron chi connectivity index (χ2n) is 4.44. The van der Waals surface area contributed by atoms with Gasteiger partial charge in [0, 0.05) is 11.6 Å². The molecule has 0 saturated heterocycles. The maximum Gasteiger partial charge on any atom is 0.325 e. The third kappa shape index (κ3) is 4.77. The van der Waals surface area contributed by atoms with Gasteiger partial charge in [-0.25, -0.2) is 0 Å². The van der Waals surface area contributed by atoms with Crippen LogP contribution in [0.2, 0.25) is 5.02 Å². The first-order valence-electron chi connectivity index (χ1n) is 6.56. The summed E-state index contributed by atoms with van der Waals surface area (Å²) in [5, 5.41) is 12.9. The molecule has 0 aliphatic rings. The molecule has 2 aromatic carbocycles. The van der Waals surface area contributed by atoms with Crippen LogP contribution in [0.3, 0.4) is 0 Å². The third-order valence-corrected chi connectivity index (χ3v) is 3.16.